The molecular formula is C15H17BrF2N2. The molecule has 0 saturated heterocycles. The van der Waals surface area contributed by atoms with Crippen molar-refractivity contribution in [2.24, 2.45) is 0 Å². The molecule has 0 aliphatic heterocycles. The van der Waals surface area contributed by atoms with Crippen LogP contribution < -0.4 is 5.32 Å². The van der Waals surface area contributed by atoms with Crippen molar-refractivity contribution in [3.05, 3.63) is 33.9 Å². The summed E-state index contributed by atoms with van der Waals surface area (Å²) in [5.41, 5.74) is 2.18. The monoisotopic (exact) mass is 342 g/mol. The SMILES string of the molecule is CCCNc1cc(C(F)F)nc2c(CC)cc(Br)cc12. The van der Waals surface area contributed by atoms with E-state index in [-0.39, 0.29) is 5.69 Å². The smallest absolute Gasteiger partial charge is 0.280 e. The van der Waals surface area contributed by atoms with Crippen molar-refractivity contribution in [3.8, 4) is 0 Å². The first-order valence-corrected chi connectivity index (χ1v) is 7.51. The molecule has 0 saturated carbocycles. The standard InChI is InChI=1S/C15H17BrF2N2/c1-3-5-19-12-8-13(15(17)18)20-14-9(4-2)6-10(16)7-11(12)14/h6-8,15H,3-5H2,1-2H3,(H,19,20). The molecule has 5 heteroatoms. The normalized spacial score (nSPS) is 11.3. The van der Waals surface area contributed by atoms with E-state index < -0.39 is 6.43 Å². The van der Waals surface area contributed by atoms with Crippen LogP contribution in [0, 0.1) is 0 Å². The molecule has 0 amide bonds. The fourth-order valence-corrected chi connectivity index (χ4v) is 2.67. The first-order valence-electron chi connectivity index (χ1n) is 6.71. The van der Waals surface area contributed by atoms with Gasteiger partial charge in [0.25, 0.3) is 6.43 Å². The van der Waals surface area contributed by atoms with Crippen LogP contribution in [0.2, 0.25) is 0 Å². The lowest BCUT2D eigenvalue weighted by atomic mass is 10.1. The molecule has 2 aromatic rings. The van der Waals surface area contributed by atoms with Crippen LogP contribution in [0.15, 0.2) is 22.7 Å². The molecule has 0 unspecified atom stereocenters. The average Bonchev–Trinajstić information content (AvgIpc) is 2.43. The van der Waals surface area contributed by atoms with Gasteiger partial charge in [-0.2, -0.15) is 0 Å². The zero-order chi connectivity index (χ0) is 14.7. The topological polar surface area (TPSA) is 24.9 Å². The Labute approximate surface area is 125 Å². The van der Waals surface area contributed by atoms with Gasteiger partial charge in [-0.05, 0) is 36.6 Å². The van der Waals surface area contributed by atoms with E-state index in [2.05, 4.69) is 26.2 Å². The zero-order valence-electron chi connectivity index (χ0n) is 11.5. The second kappa shape index (κ2) is 6.48. The van der Waals surface area contributed by atoms with Gasteiger partial charge in [0.2, 0.25) is 0 Å². The molecule has 1 N–H and O–H groups in total. The Morgan fingerprint density at radius 1 is 1.25 bits per heavy atom. The quantitative estimate of drug-likeness (QED) is 0.795. The third kappa shape index (κ3) is 3.08. The number of benzene rings is 1. The number of alkyl halides is 2. The Morgan fingerprint density at radius 3 is 2.60 bits per heavy atom. The number of fused-ring (bicyclic) bond motifs is 1. The zero-order valence-corrected chi connectivity index (χ0v) is 13.1. The Morgan fingerprint density at radius 2 is 2.00 bits per heavy atom. The summed E-state index contributed by atoms with van der Waals surface area (Å²) in [5, 5.41) is 4.10. The van der Waals surface area contributed by atoms with Crippen LogP contribution in [0.5, 0.6) is 0 Å². The van der Waals surface area contributed by atoms with Crippen LogP contribution in [0.4, 0.5) is 14.5 Å². The molecule has 0 spiro atoms. The van der Waals surface area contributed by atoms with Crippen LogP contribution in [-0.4, -0.2) is 11.5 Å². The van der Waals surface area contributed by atoms with Gasteiger partial charge in [-0.1, -0.05) is 29.8 Å². The lowest BCUT2D eigenvalue weighted by Gasteiger charge is -2.14. The summed E-state index contributed by atoms with van der Waals surface area (Å²) in [6.07, 6.45) is -0.874. The molecule has 108 valence electrons. The minimum absolute atomic E-state index is 0.173. The van der Waals surface area contributed by atoms with Crippen molar-refractivity contribution < 1.29 is 8.78 Å². The molecule has 20 heavy (non-hydrogen) atoms. The van der Waals surface area contributed by atoms with Crippen molar-refractivity contribution in [1.29, 1.82) is 0 Å². The summed E-state index contributed by atoms with van der Waals surface area (Å²) >= 11 is 3.47. The average molecular weight is 343 g/mol. The van der Waals surface area contributed by atoms with Crippen LogP contribution in [-0.2, 0) is 6.42 Å². The highest BCUT2D eigenvalue weighted by atomic mass is 79.9. The summed E-state index contributed by atoms with van der Waals surface area (Å²) in [5.74, 6) is 0. The Bertz CT molecular complexity index is 614. The van der Waals surface area contributed by atoms with Crippen molar-refractivity contribution in [1.82, 2.24) is 4.98 Å². The second-order valence-electron chi connectivity index (χ2n) is 4.64. The Kier molecular flexibility index (Phi) is 4.91. The van der Waals surface area contributed by atoms with Crippen molar-refractivity contribution >= 4 is 32.5 Å². The molecule has 2 nitrogen and oxygen atoms in total. The predicted octanol–water partition coefficient (Wildman–Crippen LogP) is 5.32. The highest BCUT2D eigenvalue weighted by molar-refractivity contribution is 9.10. The van der Waals surface area contributed by atoms with E-state index in [1.165, 1.54) is 6.07 Å². The number of nitrogens with zero attached hydrogens (tertiary/aromatic N) is 1. The molecule has 0 atom stereocenters. The van der Waals surface area contributed by atoms with Crippen LogP contribution >= 0.6 is 15.9 Å². The predicted molar refractivity (Wildman–Crippen MR) is 82.6 cm³/mol. The molecule has 0 bridgehead atoms. The first-order chi connectivity index (χ1) is 9.56. The summed E-state index contributed by atoms with van der Waals surface area (Å²) < 4.78 is 27.0. The molecule has 0 aliphatic rings. The van der Waals surface area contributed by atoms with E-state index in [1.807, 2.05) is 26.0 Å². The molecular weight excluding hydrogens is 326 g/mol. The summed E-state index contributed by atoms with van der Waals surface area (Å²) in [6.45, 7) is 4.78. The highest BCUT2D eigenvalue weighted by Gasteiger charge is 2.15. The van der Waals surface area contributed by atoms with Gasteiger partial charge in [-0.3, -0.25) is 0 Å². The van der Waals surface area contributed by atoms with Crippen LogP contribution in [0.3, 0.4) is 0 Å². The van der Waals surface area contributed by atoms with E-state index in [9.17, 15) is 8.78 Å². The van der Waals surface area contributed by atoms with Gasteiger partial charge in [0, 0.05) is 22.1 Å². The maximum atomic E-state index is 13.0. The first kappa shape index (κ1) is 15.2. The van der Waals surface area contributed by atoms with Gasteiger partial charge in [-0.25, -0.2) is 13.8 Å². The minimum atomic E-state index is -2.56. The largest absolute Gasteiger partial charge is 0.384 e. The Balaban J connectivity index is 2.69. The van der Waals surface area contributed by atoms with Gasteiger partial charge in [-0.15, -0.1) is 0 Å². The molecule has 0 radical (unpaired) electrons. The number of anilines is 1. The fourth-order valence-electron chi connectivity index (χ4n) is 2.17. The van der Waals surface area contributed by atoms with E-state index in [4.69, 9.17) is 0 Å². The molecule has 0 aliphatic carbocycles. The molecule has 0 fully saturated rings. The van der Waals surface area contributed by atoms with Gasteiger partial charge in [0.1, 0.15) is 5.69 Å². The molecule has 1 aromatic carbocycles. The number of hydrogen-bond acceptors (Lipinski definition) is 2. The number of aromatic nitrogens is 1. The number of hydrogen-bond donors (Lipinski definition) is 1. The van der Waals surface area contributed by atoms with Gasteiger partial charge >= 0.3 is 0 Å². The third-order valence-electron chi connectivity index (χ3n) is 3.15. The third-order valence-corrected chi connectivity index (χ3v) is 3.60. The summed E-state index contributed by atoms with van der Waals surface area (Å²) in [4.78, 5) is 4.14. The Hall–Kier alpha value is -1.23. The van der Waals surface area contributed by atoms with Gasteiger partial charge in [0.05, 0.1) is 5.52 Å². The minimum Gasteiger partial charge on any atom is -0.384 e. The maximum Gasteiger partial charge on any atom is 0.280 e. The number of halogens is 3. The van der Waals surface area contributed by atoms with E-state index in [0.29, 0.717) is 5.52 Å². The van der Waals surface area contributed by atoms with Crippen LogP contribution in [0.25, 0.3) is 10.9 Å². The van der Waals surface area contributed by atoms with Crippen LogP contribution in [0.1, 0.15) is 38.0 Å². The van der Waals surface area contributed by atoms with Crippen molar-refractivity contribution in [2.45, 2.75) is 33.1 Å². The van der Waals surface area contributed by atoms with Gasteiger partial charge in [0.15, 0.2) is 0 Å². The summed E-state index contributed by atoms with van der Waals surface area (Å²) in [6, 6.07) is 5.32. The fraction of sp³-hybridized carbons (Fsp3) is 0.400. The maximum absolute atomic E-state index is 13.0. The second-order valence-corrected chi connectivity index (χ2v) is 5.55. The van der Waals surface area contributed by atoms with E-state index in [0.717, 1.165) is 40.5 Å². The lowest BCUT2D eigenvalue weighted by molar-refractivity contribution is 0.146. The van der Waals surface area contributed by atoms with Gasteiger partial charge < -0.3 is 5.32 Å². The highest BCUT2D eigenvalue weighted by Crippen LogP contribution is 2.32. The summed E-state index contributed by atoms with van der Waals surface area (Å²) in [7, 11) is 0. The van der Waals surface area contributed by atoms with E-state index in [1.54, 1.807) is 0 Å². The number of pyridine rings is 1. The van der Waals surface area contributed by atoms with Crippen molar-refractivity contribution in [2.75, 3.05) is 11.9 Å². The number of aryl methyl sites for hydroxylation is 1. The molecule has 1 heterocycles. The van der Waals surface area contributed by atoms with E-state index >= 15 is 0 Å². The molecule has 2 rings (SSSR count). The lowest BCUT2D eigenvalue weighted by Crippen LogP contribution is -2.04. The molecule has 1 aromatic heterocycles. The number of nitrogens with one attached hydrogen (secondary N) is 1. The van der Waals surface area contributed by atoms with Crippen molar-refractivity contribution in [3.63, 3.8) is 0 Å². The number of rotatable bonds is 5.